The number of nitrogens with one attached hydrogen (secondary N) is 2. The summed E-state index contributed by atoms with van der Waals surface area (Å²) < 4.78 is 15.0. The summed E-state index contributed by atoms with van der Waals surface area (Å²) in [7, 11) is 0. The SMILES string of the molecule is Cc1cc(N[C@H]2CCCCC2(C)F)ncc1-c1sc(C(=O)NCC(C)(C)O)nc1C(=O)N1CCCC[C@@H]1C. The Morgan fingerprint density at radius 1 is 1.26 bits per heavy atom. The lowest BCUT2D eigenvalue weighted by Gasteiger charge is -2.35. The molecule has 3 atom stereocenters. The molecule has 8 nitrogen and oxygen atoms in total. The first kappa shape index (κ1) is 28.4. The van der Waals surface area contributed by atoms with E-state index in [1.54, 1.807) is 27.0 Å². The fourth-order valence-corrected chi connectivity index (χ4v) is 6.27. The third-order valence-corrected chi connectivity index (χ3v) is 8.67. The van der Waals surface area contributed by atoms with Crippen molar-refractivity contribution in [2.24, 2.45) is 0 Å². The van der Waals surface area contributed by atoms with E-state index in [2.05, 4.69) is 20.6 Å². The highest BCUT2D eigenvalue weighted by molar-refractivity contribution is 7.17. The molecule has 38 heavy (non-hydrogen) atoms. The maximum absolute atomic E-state index is 15.0. The molecule has 3 heterocycles. The number of aromatic nitrogens is 2. The topological polar surface area (TPSA) is 107 Å². The molecule has 4 rings (SSSR count). The number of anilines is 1. The van der Waals surface area contributed by atoms with Crippen LogP contribution in [0.3, 0.4) is 0 Å². The van der Waals surface area contributed by atoms with E-state index >= 15 is 4.39 Å². The smallest absolute Gasteiger partial charge is 0.280 e. The molecule has 0 aromatic carbocycles. The monoisotopic (exact) mass is 545 g/mol. The number of hydrogen-bond acceptors (Lipinski definition) is 7. The van der Waals surface area contributed by atoms with Gasteiger partial charge in [-0.3, -0.25) is 9.59 Å². The van der Waals surface area contributed by atoms with E-state index in [-0.39, 0.29) is 35.2 Å². The van der Waals surface area contributed by atoms with Crippen molar-refractivity contribution < 1.29 is 19.1 Å². The molecule has 2 aromatic heterocycles. The quantitative estimate of drug-likeness (QED) is 0.446. The highest BCUT2D eigenvalue weighted by atomic mass is 32.1. The molecule has 2 amide bonds. The van der Waals surface area contributed by atoms with Crippen molar-refractivity contribution in [1.29, 1.82) is 0 Å². The molecule has 1 unspecified atom stereocenters. The molecule has 1 aliphatic carbocycles. The third-order valence-electron chi connectivity index (χ3n) is 7.58. The summed E-state index contributed by atoms with van der Waals surface area (Å²) in [5, 5.41) is 16.2. The molecule has 0 bridgehead atoms. The van der Waals surface area contributed by atoms with Crippen LogP contribution in [0.1, 0.15) is 98.5 Å². The number of alkyl halides is 1. The molecule has 2 aromatic rings. The summed E-state index contributed by atoms with van der Waals surface area (Å²) in [6.07, 6.45) is 7.77. The fraction of sp³-hybridized carbons (Fsp3) is 0.643. The van der Waals surface area contributed by atoms with Crippen LogP contribution in [0.5, 0.6) is 0 Å². The molecule has 0 radical (unpaired) electrons. The van der Waals surface area contributed by atoms with Gasteiger partial charge in [-0.2, -0.15) is 0 Å². The van der Waals surface area contributed by atoms with Crippen LogP contribution in [0.2, 0.25) is 0 Å². The summed E-state index contributed by atoms with van der Waals surface area (Å²) in [6.45, 7) is 9.53. The number of pyridine rings is 1. The van der Waals surface area contributed by atoms with Gasteiger partial charge in [0, 0.05) is 30.9 Å². The molecule has 208 valence electrons. The summed E-state index contributed by atoms with van der Waals surface area (Å²) in [5.41, 5.74) is -0.553. The summed E-state index contributed by atoms with van der Waals surface area (Å²) >= 11 is 1.15. The normalized spacial score (nSPS) is 24.2. The number of piperidine rings is 1. The average Bonchev–Trinajstić information content (AvgIpc) is 3.28. The van der Waals surface area contributed by atoms with E-state index < -0.39 is 17.2 Å². The Balaban J connectivity index is 1.66. The highest BCUT2D eigenvalue weighted by Gasteiger charge is 2.37. The zero-order valence-corrected chi connectivity index (χ0v) is 23.9. The molecular weight excluding hydrogens is 505 g/mol. The molecule has 0 spiro atoms. The fourth-order valence-electron chi connectivity index (χ4n) is 5.22. The molecule has 1 aliphatic heterocycles. The van der Waals surface area contributed by atoms with Crippen molar-refractivity contribution in [3.63, 3.8) is 0 Å². The molecular formula is C28H40FN5O3S. The number of hydrogen-bond donors (Lipinski definition) is 3. The Morgan fingerprint density at radius 2 is 2.00 bits per heavy atom. The molecule has 10 heteroatoms. The van der Waals surface area contributed by atoms with E-state index in [1.807, 2.05) is 24.8 Å². The standard InChI is InChI=1S/C28H40FN5O3S/c1-17-14-21(32-20-11-6-8-12-28(20,5)29)30-15-19(17)23-22(26(36)34-13-9-7-10-18(34)2)33-25(38-23)24(35)31-16-27(3,4)37/h14-15,18,20,37H,6-13,16H2,1-5H3,(H,30,32)(H,31,35)/t18-,20-,28?/m0/s1. The number of carbonyl (C=O) groups excluding carboxylic acids is 2. The maximum atomic E-state index is 15.0. The first-order valence-corrected chi connectivity index (χ1v) is 14.4. The number of halogens is 1. The number of carbonyl (C=O) groups is 2. The molecule has 1 saturated carbocycles. The zero-order valence-electron chi connectivity index (χ0n) is 23.1. The Labute approximate surface area is 228 Å². The van der Waals surface area contributed by atoms with Crippen LogP contribution < -0.4 is 10.6 Å². The van der Waals surface area contributed by atoms with E-state index in [0.717, 1.165) is 55.4 Å². The van der Waals surface area contributed by atoms with Gasteiger partial charge in [0.1, 0.15) is 17.2 Å². The number of aryl methyl sites for hydroxylation is 1. The first-order chi connectivity index (χ1) is 17.9. The van der Waals surface area contributed by atoms with Crippen molar-refractivity contribution in [2.75, 3.05) is 18.4 Å². The van der Waals surface area contributed by atoms with E-state index in [9.17, 15) is 14.7 Å². The predicted octanol–water partition coefficient (Wildman–Crippen LogP) is 5.11. The zero-order chi connectivity index (χ0) is 27.7. The van der Waals surface area contributed by atoms with Gasteiger partial charge in [-0.25, -0.2) is 14.4 Å². The second-order valence-corrected chi connectivity index (χ2v) is 12.6. The van der Waals surface area contributed by atoms with Gasteiger partial charge in [0.05, 0.1) is 16.5 Å². The second kappa shape index (κ2) is 11.3. The predicted molar refractivity (Wildman–Crippen MR) is 148 cm³/mol. The summed E-state index contributed by atoms with van der Waals surface area (Å²) in [4.78, 5) is 38.1. The van der Waals surface area contributed by atoms with Gasteiger partial charge in [0.15, 0.2) is 5.01 Å². The minimum Gasteiger partial charge on any atom is -0.389 e. The molecule has 3 N–H and O–H groups in total. The number of likely N-dealkylation sites (tertiary alicyclic amines) is 1. The lowest BCUT2D eigenvalue weighted by molar-refractivity contribution is 0.0630. The largest absolute Gasteiger partial charge is 0.389 e. The molecule has 2 fully saturated rings. The number of aliphatic hydroxyl groups is 1. The number of amides is 2. The van der Waals surface area contributed by atoms with Crippen LogP contribution in [-0.2, 0) is 0 Å². The Bertz CT molecular complexity index is 1180. The Morgan fingerprint density at radius 3 is 2.66 bits per heavy atom. The number of rotatable bonds is 7. The Kier molecular flexibility index (Phi) is 8.42. The van der Waals surface area contributed by atoms with Crippen molar-refractivity contribution >= 4 is 29.0 Å². The van der Waals surface area contributed by atoms with Crippen LogP contribution in [0.15, 0.2) is 12.3 Å². The van der Waals surface area contributed by atoms with Crippen LogP contribution >= 0.6 is 11.3 Å². The maximum Gasteiger partial charge on any atom is 0.280 e. The van der Waals surface area contributed by atoms with Crippen molar-refractivity contribution in [3.05, 3.63) is 28.5 Å². The minimum absolute atomic E-state index is 0.0583. The van der Waals surface area contributed by atoms with Gasteiger partial charge < -0.3 is 20.6 Å². The van der Waals surface area contributed by atoms with Crippen LogP contribution in [0.25, 0.3) is 10.4 Å². The lowest BCUT2D eigenvalue weighted by Crippen LogP contribution is -2.43. The van der Waals surface area contributed by atoms with Gasteiger partial charge >= 0.3 is 0 Å². The molecule has 1 saturated heterocycles. The van der Waals surface area contributed by atoms with Gasteiger partial charge in [-0.05, 0) is 78.4 Å². The van der Waals surface area contributed by atoms with Crippen LogP contribution in [0.4, 0.5) is 10.2 Å². The minimum atomic E-state index is -1.29. The highest BCUT2D eigenvalue weighted by Crippen LogP contribution is 2.37. The van der Waals surface area contributed by atoms with E-state index in [1.165, 1.54) is 0 Å². The number of thiazole rings is 1. The van der Waals surface area contributed by atoms with Crippen LogP contribution in [-0.4, -0.2) is 68.2 Å². The average molecular weight is 546 g/mol. The third kappa shape index (κ3) is 6.51. The van der Waals surface area contributed by atoms with Gasteiger partial charge in [-0.15, -0.1) is 11.3 Å². The van der Waals surface area contributed by atoms with Gasteiger partial charge in [0.2, 0.25) is 0 Å². The van der Waals surface area contributed by atoms with E-state index in [4.69, 9.17) is 0 Å². The van der Waals surface area contributed by atoms with Crippen molar-refractivity contribution in [3.8, 4) is 10.4 Å². The number of nitrogens with zero attached hydrogens (tertiary/aromatic N) is 3. The lowest BCUT2D eigenvalue weighted by atomic mass is 9.83. The van der Waals surface area contributed by atoms with Gasteiger partial charge in [-0.1, -0.05) is 12.8 Å². The first-order valence-electron chi connectivity index (χ1n) is 13.6. The van der Waals surface area contributed by atoms with E-state index in [0.29, 0.717) is 29.2 Å². The summed E-state index contributed by atoms with van der Waals surface area (Å²) in [6, 6.07) is 1.65. The Hall–Kier alpha value is -2.59. The van der Waals surface area contributed by atoms with Crippen molar-refractivity contribution in [2.45, 2.75) is 103 Å². The second-order valence-electron chi connectivity index (χ2n) is 11.6. The van der Waals surface area contributed by atoms with Crippen molar-refractivity contribution in [1.82, 2.24) is 20.2 Å². The molecule has 2 aliphatic rings. The van der Waals surface area contributed by atoms with Crippen LogP contribution in [0, 0.1) is 6.92 Å². The van der Waals surface area contributed by atoms with Gasteiger partial charge in [0.25, 0.3) is 11.8 Å². The summed E-state index contributed by atoms with van der Waals surface area (Å²) in [5.74, 6) is -0.0400.